The number of benzene rings is 2. The second-order valence-electron chi connectivity index (χ2n) is 6.43. The van der Waals surface area contributed by atoms with Crippen LogP contribution in [0.3, 0.4) is 0 Å². The van der Waals surface area contributed by atoms with Gasteiger partial charge in [0.1, 0.15) is 5.75 Å². The van der Waals surface area contributed by atoms with Crippen molar-refractivity contribution in [1.82, 2.24) is 4.31 Å². The van der Waals surface area contributed by atoms with E-state index in [0.29, 0.717) is 25.1 Å². The maximum Gasteiger partial charge on any atom is 0.306 e. The molecule has 2 aromatic carbocycles. The lowest BCUT2D eigenvalue weighted by molar-refractivity contribution is 0.186. The van der Waals surface area contributed by atoms with Crippen molar-refractivity contribution in [3.05, 3.63) is 59.7 Å². The molecule has 0 saturated heterocycles. The van der Waals surface area contributed by atoms with Crippen molar-refractivity contribution >= 4 is 20.1 Å². The molecule has 0 heterocycles. The van der Waals surface area contributed by atoms with Crippen molar-refractivity contribution in [2.75, 3.05) is 26.5 Å². The second-order valence-corrected chi connectivity index (χ2v) is 9.94. The Kier molecular flexibility index (Phi) is 7.59. The highest BCUT2D eigenvalue weighted by molar-refractivity contribution is 7.89. The van der Waals surface area contributed by atoms with E-state index in [1.54, 1.807) is 43.5 Å². The van der Waals surface area contributed by atoms with Crippen molar-refractivity contribution in [2.24, 2.45) is 0 Å². The van der Waals surface area contributed by atoms with Gasteiger partial charge in [-0.2, -0.15) is 12.7 Å². The summed E-state index contributed by atoms with van der Waals surface area (Å²) in [5.41, 5.74) is 1.69. The van der Waals surface area contributed by atoms with Crippen LogP contribution in [0.5, 0.6) is 5.75 Å². The van der Waals surface area contributed by atoms with E-state index < -0.39 is 20.1 Å². The monoisotopic (exact) mass is 427 g/mol. The number of hydrogen-bond donors (Lipinski definition) is 0. The minimum absolute atomic E-state index is 0.152. The highest BCUT2D eigenvalue weighted by Gasteiger charge is 2.24. The van der Waals surface area contributed by atoms with Gasteiger partial charge in [-0.1, -0.05) is 29.8 Å². The number of rotatable bonds is 10. The summed E-state index contributed by atoms with van der Waals surface area (Å²) in [6.45, 7) is 2.79. The zero-order valence-corrected chi connectivity index (χ0v) is 17.8. The molecule has 9 heteroatoms. The molecule has 154 valence electrons. The fourth-order valence-corrected chi connectivity index (χ4v) is 4.48. The molecule has 0 unspecified atom stereocenters. The van der Waals surface area contributed by atoms with E-state index in [-0.39, 0.29) is 17.2 Å². The summed E-state index contributed by atoms with van der Waals surface area (Å²) in [6, 6.07) is 13.0. The van der Waals surface area contributed by atoms with Gasteiger partial charge in [0, 0.05) is 26.8 Å². The third-order valence-electron chi connectivity index (χ3n) is 3.94. The minimum atomic E-state index is -3.68. The number of sulfonamides is 1. The van der Waals surface area contributed by atoms with Crippen LogP contribution in [0, 0.1) is 6.92 Å². The first-order valence-electron chi connectivity index (χ1n) is 8.66. The Morgan fingerprint density at radius 2 is 1.54 bits per heavy atom. The maximum absolute atomic E-state index is 13.1. The van der Waals surface area contributed by atoms with Crippen LogP contribution in [0.4, 0.5) is 0 Å². The number of methoxy groups -OCH3 is 1. The van der Waals surface area contributed by atoms with Crippen molar-refractivity contribution in [1.29, 1.82) is 0 Å². The molecule has 2 aromatic rings. The summed E-state index contributed by atoms with van der Waals surface area (Å²) in [6.07, 6.45) is 1.52. The molecule has 7 nitrogen and oxygen atoms in total. The van der Waals surface area contributed by atoms with Crippen LogP contribution in [-0.2, 0) is 31.4 Å². The number of hydrogen-bond acceptors (Lipinski definition) is 6. The standard InChI is InChI=1S/C19H25NO6S2/c1-16-5-11-19(12-6-16)28(23,24)20(13-4-14-25-2)15-17-7-9-18(10-8-17)26-27(3,21)22/h5-12H,4,13-15H2,1-3H3. The summed E-state index contributed by atoms with van der Waals surface area (Å²) in [7, 11) is -5.73. The van der Waals surface area contributed by atoms with E-state index in [0.717, 1.165) is 11.8 Å². The van der Waals surface area contributed by atoms with E-state index in [1.165, 1.54) is 16.4 Å². The first-order valence-corrected chi connectivity index (χ1v) is 11.9. The number of aryl methyl sites for hydroxylation is 1. The maximum atomic E-state index is 13.1. The molecule has 0 fully saturated rings. The molecule has 0 N–H and O–H groups in total. The average molecular weight is 428 g/mol. The highest BCUT2D eigenvalue weighted by atomic mass is 32.2. The molecule has 0 spiro atoms. The molecule has 2 rings (SSSR count). The Morgan fingerprint density at radius 1 is 0.929 bits per heavy atom. The SMILES string of the molecule is COCCCN(Cc1ccc(OS(C)(=O)=O)cc1)S(=O)(=O)c1ccc(C)cc1. The van der Waals surface area contributed by atoms with E-state index >= 15 is 0 Å². The topological polar surface area (TPSA) is 90.0 Å². The van der Waals surface area contributed by atoms with Crippen LogP contribution < -0.4 is 4.18 Å². The Labute approximate surface area is 167 Å². The predicted octanol–water partition coefficient (Wildman–Crippen LogP) is 2.56. The van der Waals surface area contributed by atoms with Crippen LogP contribution in [0.15, 0.2) is 53.4 Å². The third kappa shape index (κ3) is 6.59. The lowest BCUT2D eigenvalue weighted by atomic mass is 10.2. The van der Waals surface area contributed by atoms with Crippen molar-refractivity contribution in [3.63, 3.8) is 0 Å². The minimum Gasteiger partial charge on any atom is -0.385 e. The van der Waals surface area contributed by atoms with Crippen molar-refractivity contribution in [2.45, 2.75) is 24.8 Å². The van der Waals surface area contributed by atoms with Crippen LogP contribution in [0.1, 0.15) is 17.5 Å². The molecule has 0 aliphatic heterocycles. The zero-order valence-electron chi connectivity index (χ0n) is 16.2. The Balaban J connectivity index is 2.24. The quantitative estimate of drug-likeness (QED) is 0.428. The highest BCUT2D eigenvalue weighted by Crippen LogP contribution is 2.21. The average Bonchev–Trinajstić information content (AvgIpc) is 2.61. The molecule has 0 atom stereocenters. The first-order chi connectivity index (χ1) is 13.1. The van der Waals surface area contributed by atoms with E-state index in [9.17, 15) is 16.8 Å². The molecular formula is C19H25NO6S2. The van der Waals surface area contributed by atoms with Crippen LogP contribution >= 0.6 is 0 Å². The van der Waals surface area contributed by atoms with Gasteiger partial charge in [-0.3, -0.25) is 0 Å². The fourth-order valence-electron chi connectivity index (χ4n) is 2.56. The van der Waals surface area contributed by atoms with Gasteiger partial charge in [-0.15, -0.1) is 0 Å². The van der Waals surface area contributed by atoms with Gasteiger partial charge >= 0.3 is 10.1 Å². The normalized spacial score (nSPS) is 12.3. The summed E-state index contributed by atoms with van der Waals surface area (Å²) < 4.78 is 59.8. The Morgan fingerprint density at radius 3 is 2.07 bits per heavy atom. The van der Waals surface area contributed by atoms with Crippen LogP contribution in [0.2, 0.25) is 0 Å². The largest absolute Gasteiger partial charge is 0.385 e. The Bertz CT molecular complexity index is 968. The van der Waals surface area contributed by atoms with Gasteiger partial charge in [-0.05, 0) is 43.2 Å². The molecule has 0 aliphatic rings. The number of nitrogens with zero attached hydrogens (tertiary/aromatic N) is 1. The van der Waals surface area contributed by atoms with Gasteiger partial charge in [-0.25, -0.2) is 8.42 Å². The van der Waals surface area contributed by atoms with Gasteiger partial charge in [0.25, 0.3) is 0 Å². The lowest BCUT2D eigenvalue weighted by Crippen LogP contribution is -2.32. The smallest absolute Gasteiger partial charge is 0.306 e. The molecular weight excluding hydrogens is 402 g/mol. The summed E-state index contributed by atoms with van der Waals surface area (Å²) in [5, 5.41) is 0. The van der Waals surface area contributed by atoms with Gasteiger partial charge in [0.2, 0.25) is 10.0 Å². The summed E-state index contributed by atoms with van der Waals surface area (Å²) in [4.78, 5) is 0.229. The van der Waals surface area contributed by atoms with Crippen molar-refractivity contribution in [3.8, 4) is 5.75 Å². The molecule has 0 amide bonds. The molecule has 0 aromatic heterocycles. The molecule has 0 aliphatic carbocycles. The Hall–Kier alpha value is -1.94. The van der Waals surface area contributed by atoms with E-state index in [4.69, 9.17) is 8.92 Å². The van der Waals surface area contributed by atoms with Crippen LogP contribution in [0.25, 0.3) is 0 Å². The van der Waals surface area contributed by atoms with Gasteiger partial charge in [0.15, 0.2) is 0 Å². The summed E-state index contributed by atoms with van der Waals surface area (Å²) in [5.74, 6) is 0.179. The number of ether oxygens (including phenoxy) is 1. The summed E-state index contributed by atoms with van der Waals surface area (Å²) >= 11 is 0. The zero-order chi connectivity index (χ0) is 20.8. The molecule has 0 radical (unpaired) electrons. The molecule has 0 bridgehead atoms. The molecule has 0 saturated carbocycles. The predicted molar refractivity (Wildman–Crippen MR) is 107 cm³/mol. The lowest BCUT2D eigenvalue weighted by Gasteiger charge is -2.22. The fraction of sp³-hybridized carbons (Fsp3) is 0.368. The van der Waals surface area contributed by atoms with E-state index in [1.807, 2.05) is 6.92 Å². The third-order valence-corrected chi connectivity index (χ3v) is 6.30. The second kappa shape index (κ2) is 9.51. The van der Waals surface area contributed by atoms with Gasteiger partial charge in [0.05, 0.1) is 11.2 Å². The van der Waals surface area contributed by atoms with E-state index in [2.05, 4.69) is 0 Å². The van der Waals surface area contributed by atoms with Crippen molar-refractivity contribution < 1.29 is 25.8 Å². The molecule has 28 heavy (non-hydrogen) atoms. The van der Waals surface area contributed by atoms with Crippen LogP contribution in [-0.4, -0.2) is 47.7 Å². The van der Waals surface area contributed by atoms with Gasteiger partial charge < -0.3 is 8.92 Å². The first kappa shape index (κ1) is 22.4.